The largest absolute Gasteiger partial charge is 0.374 e. The first kappa shape index (κ1) is 18.1. The number of fused-ring (bicyclic) bond motifs is 2. The fourth-order valence-electron chi connectivity index (χ4n) is 4.04. The Kier molecular flexibility index (Phi) is 4.28. The van der Waals surface area contributed by atoms with Crippen LogP contribution in [-0.4, -0.2) is 28.3 Å². The number of aryl methyl sites for hydroxylation is 3. The summed E-state index contributed by atoms with van der Waals surface area (Å²) in [5, 5.41) is 5.16. The number of aromatic nitrogens is 3. The van der Waals surface area contributed by atoms with Gasteiger partial charge in [0.1, 0.15) is 11.4 Å². The highest BCUT2D eigenvalue weighted by molar-refractivity contribution is 8.00. The molecule has 0 unspecified atom stereocenters. The van der Waals surface area contributed by atoms with Gasteiger partial charge in [-0.3, -0.25) is 0 Å². The van der Waals surface area contributed by atoms with Gasteiger partial charge in [0, 0.05) is 44.3 Å². The normalized spacial score (nSPS) is 13.3. The van der Waals surface area contributed by atoms with Crippen LogP contribution in [0.2, 0.25) is 0 Å². The van der Waals surface area contributed by atoms with Crippen LogP contribution in [0.5, 0.6) is 0 Å². The minimum atomic E-state index is 0.820. The lowest BCUT2D eigenvalue weighted by Gasteiger charge is -2.13. The number of hydrogen-bond acceptors (Lipinski definition) is 6. The first-order valence-electron chi connectivity index (χ1n) is 9.67. The Labute approximate surface area is 174 Å². The van der Waals surface area contributed by atoms with E-state index < -0.39 is 0 Å². The second-order valence-corrected chi connectivity index (χ2v) is 8.40. The van der Waals surface area contributed by atoms with Crippen molar-refractivity contribution >= 4 is 34.4 Å². The summed E-state index contributed by atoms with van der Waals surface area (Å²) in [5.41, 5.74) is 8.01. The van der Waals surface area contributed by atoms with E-state index in [2.05, 4.69) is 55.8 Å². The van der Waals surface area contributed by atoms with Gasteiger partial charge < -0.3 is 18.7 Å². The van der Waals surface area contributed by atoms with Gasteiger partial charge in [-0.1, -0.05) is 17.3 Å². The average Bonchev–Trinajstić information content (AvgIpc) is 3.37. The molecular formula is C22H23N5OS. The first-order valence-corrected chi connectivity index (χ1v) is 10.5. The topological polar surface area (TPSA) is 59.1 Å². The summed E-state index contributed by atoms with van der Waals surface area (Å²) in [7, 11) is 4.21. The quantitative estimate of drug-likeness (QED) is 0.485. The van der Waals surface area contributed by atoms with Gasteiger partial charge in [-0.15, -0.1) is 0 Å². The maximum Gasteiger partial charge on any atom is 0.149 e. The Morgan fingerprint density at radius 3 is 2.83 bits per heavy atom. The molecule has 1 aromatic carbocycles. The van der Waals surface area contributed by atoms with Gasteiger partial charge in [-0.05, 0) is 55.5 Å². The predicted octanol–water partition coefficient (Wildman–Crippen LogP) is 4.96. The van der Waals surface area contributed by atoms with Crippen LogP contribution in [0.3, 0.4) is 0 Å². The number of pyridine rings is 1. The summed E-state index contributed by atoms with van der Waals surface area (Å²) in [6.07, 6.45) is 5.13. The van der Waals surface area contributed by atoms with Crippen LogP contribution >= 0.6 is 11.9 Å². The fraction of sp³-hybridized carbons (Fsp3) is 0.273. The van der Waals surface area contributed by atoms with Crippen molar-refractivity contribution in [3.8, 4) is 11.1 Å². The highest BCUT2D eigenvalue weighted by Gasteiger charge is 2.19. The Morgan fingerprint density at radius 1 is 1.17 bits per heavy atom. The van der Waals surface area contributed by atoms with E-state index in [1.165, 1.54) is 34.3 Å². The van der Waals surface area contributed by atoms with Crippen LogP contribution in [0.4, 0.5) is 11.4 Å². The number of nitrogens with one attached hydrogen (secondary N) is 1. The van der Waals surface area contributed by atoms with E-state index in [-0.39, 0.29) is 0 Å². The molecule has 1 aliphatic rings. The molecule has 0 aliphatic carbocycles. The summed E-state index contributed by atoms with van der Waals surface area (Å²) < 4.78 is 10.9. The molecule has 7 heteroatoms. The zero-order valence-electron chi connectivity index (χ0n) is 17.0. The predicted molar refractivity (Wildman–Crippen MR) is 119 cm³/mol. The van der Waals surface area contributed by atoms with Crippen molar-refractivity contribution in [2.75, 3.05) is 23.2 Å². The lowest BCUT2D eigenvalue weighted by molar-refractivity contribution is 0.391. The Bertz CT molecular complexity index is 1210. The van der Waals surface area contributed by atoms with Crippen molar-refractivity contribution in [3.05, 3.63) is 53.7 Å². The van der Waals surface area contributed by atoms with Gasteiger partial charge >= 0.3 is 0 Å². The molecule has 4 aromatic rings. The highest BCUT2D eigenvalue weighted by atomic mass is 32.2. The fourth-order valence-corrected chi connectivity index (χ4v) is 4.79. The van der Waals surface area contributed by atoms with Gasteiger partial charge in [0.25, 0.3) is 0 Å². The molecule has 1 N–H and O–H groups in total. The Hall–Kier alpha value is -2.93. The highest BCUT2D eigenvalue weighted by Crippen LogP contribution is 2.39. The lowest BCUT2D eigenvalue weighted by Crippen LogP contribution is -2.12. The minimum Gasteiger partial charge on any atom is -0.374 e. The molecule has 4 heterocycles. The van der Waals surface area contributed by atoms with Crippen LogP contribution in [-0.2, 0) is 13.5 Å². The van der Waals surface area contributed by atoms with Crippen molar-refractivity contribution < 1.29 is 4.52 Å². The number of nitrogens with zero attached hydrogens (tertiary/aromatic N) is 4. The number of hydrogen-bond donors (Lipinski definition) is 1. The summed E-state index contributed by atoms with van der Waals surface area (Å²) in [4.78, 5) is 7.98. The SMILES string of the molecule is Cc1noc(C)c1SNc1ccnc2c1c(-c1ccc3c(c1)N(C)CC3)cn2C. The third-order valence-corrected chi connectivity index (χ3v) is 6.72. The molecule has 0 radical (unpaired) electrons. The number of rotatable bonds is 4. The summed E-state index contributed by atoms with van der Waals surface area (Å²) in [6, 6.07) is 8.81. The molecular weight excluding hydrogens is 382 g/mol. The van der Waals surface area contributed by atoms with Crippen LogP contribution in [0.1, 0.15) is 17.0 Å². The van der Waals surface area contributed by atoms with Crippen LogP contribution in [0, 0.1) is 13.8 Å². The van der Waals surface area contributed by atoms with E-state index in [1.807, 2.05) is 33.2 Å². The molecule has 5 rings (SSSR count). The maximum absolute atomic E-state index is 5.29. The van der Waals surface area contributed by atoms with Crippen molar-refractivity contribution in [2.45, 2.75) is 25.2 Å². The van der Waals surface area contributed by atoms with Crippen LogP contribution in [0.25, 0.3) is 22.2 Å². The van der Waals surface area contributed by atoms with E-state index >= 15 is 0 Å². The molecule has 0 bridgehead atoms. The van der Waals surface area contributed by atoms with Gasteiger partial charge in [-0.2, -0.15) is 0 Å². The van der Waals surface area contributed by atoms with E-state index in [0.717, 1.165) is 46.0 Å². The zero-order chi connectivity index (χ0) is 20.1. The van der Waals surface area contributed by atoms with Crippen molar-refractivity contribution in [1.82, 2.24) is 14.7 Å². The number of benzene rings is 1. The second-order valence-electron chi connectivity index (χ2n) is 7.58. The molecule has 0 amide bonds. The molecule has 29 heavy (non-hydrogen) atoms. The molecule has 6 nitrogen and oxygen atoms in total. The lowest BCUT2D eigenvalue weighted by atomic mass is 10.0. The van der Waals surface area contributed by atoms with Gasteiger partial charge in [0.05, 0.1) is 21.7 Å². The monoisotopic (exact) mass is 405 g/mol. The molecule has 0 saturated heterocycles. The summed E-state index contributed by atoms with van der Waals surface area (Å²) >= 11 is 1.53. The van der Waals surface area contributed by atoms with Crippen molar-refractivity contribution in [2.24, 2.45) is 7.05 Å². The third-order valence-electron chi connectivity index (χ3n) is 5.61. The Morgan fingerprint density at radius 2 is 2.03 bits per heavy atom. The summed E-state index contributed by atoms with van der Waals surface area (Å²) in [5.74, 6) is 0.820. The van der Waals surface area contributed by atoms with E-state index in [0.29, 0.717) is 0 Å². The molecule has 3 aromatic heterocycles. The average molecular weight is 406 g/mol. The van der Waals surface area contributed by atoms with Crippen LogP contribution < -0.4 is 9.62 Å². The van der Waals surface area contributed by atoms with Crippen molar-refractivity contribution in [3.63, 3.8) is 0 Å². The Balaban J connectivity index is 1.59. The van der Waals surface area contributed by atoms with Gasteiger partial charge in [0.15, 0.2) is 0 Å². The number of anilines is 2. The maximum atomic E-state index is 5.29. The van der Waals surface area contributed by atoms with Crippen LogP contribution in [0.15, 0.2) is 46.1 Å². The molecule has 1 aliphatic heterocycles. The van der Waals surface area contributed by atoms with Crippen molar-refractivity contribution in [1.29, 1.82) is 0 Å². The molecule has 0 fully saturated rings. The first-order chi connectivity index (χ1) is 14.0. The number of likely N-dealkylation sites (N-methyl/N-ethyl adjacent to an activating group) is 1. The molecule has 0 saturated carbocycles. The molecule has 148 valence electrons. The summed E-state index contributed by atoms with van der Waals surface area (Å²) in [6.45, 7) is 4.97. The second kappa shape index (κ2) is 6.84. The smallest absolute Gasteiger partial charge is 0.149 e. The zero-order valence-corrected chi connectivity index (χ0v) is 17.8. The van der Waals surface area contributed by atoms with E-state index in [4.69, 9.17) is 4.52 Å². The minimum absolute atomic E-state index is 0.820. The molecule has 0 atom stereocenters. The van der Waals surface area contributed by atoms with E-state index in [1.54, 1.807) is 0 Å². The standard InChI is InChI=1S/C22H23N5OS/c1-13-21(14(2)28-24-13)29-25-18-7-9-23-22-20(18)17(12-27(22)4)16-6-5-15-8-10-26(3)19(15)11-16/h5-7,9,11-12H,8,10H2,1-4H3,(H,23,25). The molecule has 0 spiro atoms. The van der Waals surface area contributed by atoms with E-state index in [9.17, 15) is 0 Å². The third kappa shape index (κ3) is 2.97. The van der Waals surface area contributed by atoms with Gasteiger partial charge in [-0.25, -0.2) is 4.98 Å². The van der Waals surface area contributed by atoms with Gasteiger partial charge in [0.2, 0.25) is 0 Å².